The van der Waals surface area contributed by atoms with Crippen LogP contribution in [0.25, 0.3) is 10.1 Å². The second kappa shape index (κ2) is 15.3. The van der Waals surface area contributed by atoms with E-state index in [2.05, 4.69) is 0 Å². The fourth-order valence-corrected chi connectivity index (χ4v) is 6.30. The molecule has 2 heterocycles. The number of thiophene rings is 1. The van der Waals surface area contributed by atoms with Gasteiger partial charge < -0.3 is 23.7 Å². The van der Waals surface area contributed by atoms with E-state index in [4.69, 9.17) is 23.7 Å². The van der Waals surface area contributed by atoms with Gasteiger partial charge in [-0.1, -0.05) is 24.3 Å². The van der Waals surface area contributed by atoms with Gasteiger partial charge in [-0.2, -0.15) is 0 Å². The van der Waals surface area contributed by atoms with Gasteiger partial charge in [-0.3, -0.25) is 19.2 Å². The van der Waals surface area contributed by atoms with Crippen molar-refractivity contribution < 1.29 is 47.3 Å². The highest BCUT2D eigenvalue weighted by atomic mass is 32.1. The van der Waals surface area contributed by atoms with Gasteiger partial charge in [0.05, 0.1) is 21.7 Å². The monoisotopic (exact) mass is 740 g/mol. The lowest BCUT2D eigenvalue weighted by molar-refractivity contribution is -0.262. The van der Waals surface area contributed by atoms with Crippen molar-refractivity contribution >= 4 is 45.3 Å². The molecule has 1 saturated heterocycles. The van der Waals surface area contributed by atoms with Crippen molar-refractivity contribution in [3.8, 4) is 0 Å². The van der Waals surface area contributed by atoms with E-state index in [-0.39, 0.29) is 13.0 Å². The molecule has 9 nitrogen and oxygen atoms in total. The zero-order valence-corrected chi connectivity index (χ0v) is 33.2. The summed E-state index contributed by atoms with van der Waals surface area (Å²) in [6.45, 7) is 19.8. The molecule has 0 unspecified atom stereocenters. The number of ether oxygens (including phenoxy) is 5. The molecule has 5 atom stereocenters. The Kier molecular flexibility index (Phi) is 12.0. The van der Waals surface area contributed by atoms with Gasteiger partial charge in [-0.15, -0.1) is 11.3 Å². The summed E-state index contributed by atoms with van der Waals surface area (Å²) in [5.41, 5.74) is -3.06. The Morgan fingerprint density at radius 3 is 1.73 bits per heavy atom. The number of esters is 4. The number of benzene rings is 2. The van der Waals surface area contributed by atoms with E-state index in [1.807, 2.05) is 30.3 Å². The first-order chi connectivity index (χ1) is 23.9. The lowest BCUT2D eigenvalue weighted by Crippen LogP contribution is -2.61. The molecule has 11 heteroatoms. The van der Waals surface area contributed by atoms with Crippen molar-refractivity contribution in [3.05, 3.63) is 70.4 Å². The van der Waals surface area contributed by atoms with Crippen LogP contribution in [-0.4, -0.2) is 54.9 Å². The smallest absolute Gasteiger partial charge is 0.311 e. The van der Waals surface area contributed by atoms with Crippen molar-refractivity contribution in [2.45, 2.75) is 120 Å². The Hall–Kier alpha value is -3.83. The summed E-state index contributed by atoms with van der Waals surface area (Å²) in [6.07, 6.45) is -6.18. The molecule has 284 valence electrons. The van der Waals surface area contributed by atoms with Crippen LogP contribution in [0.4, 0.5) is 4.39 Å². The Bertz CT molecular complexity index is 1750. The molecule has 1 aliphatic heterocycles. The number of carbonyl (C=O) groups excluding carboxylic acids is 4. The van der Waals surface area contributed by atoms with E-state index in [0.29, 0.717) is 11.1 Å². The molecule has 0 bridgehead atoms. The molecular formula is C41H53FO9S. The van der Waals surface area contributed by atoms with Crippen LogP contribution >= 0.6 is 11.3 Å². The second-order valence-electron chi connectivity index (χ2n) is 17.6. The zero-order chi connectivity index (χ0) is 39.0. The van der Waals surface area contributed by atoms with Crippen LogP contribution in [0, 0.1) is 27.5 Å². The molecule has 0 saturated carbocycles. The fraction of sp³-hybridized carbons (Fsp3) is 0.561. The van der Waals surface area contributed by atoms with Gasteiger partial charge in [-0.05, 0) is 124 Å². The molecule has 1 aromatic heterocycles. The first-order valence-electron chi connectivity index (χ1n) is 17.6. The number of fused-ring (bicyclic) bond motifs is 1. The largest absolute Gasteiger partial charge is 0.462 e. The average Bonchev–Trinajstić information content (AvgIpc) is 3.43. The van der Waals surface area contributed by atoms with E-state index < -0.39 is 81.9 Å². The van der Waals surface area contributed by atoms with E-state index in [0.717, 1.165) is 15.0 Å². The average molecular weight is 741 g/mol. The molecule has 0 amide bonds. The summed E-state index contributed by atoms with van der Waals surface area (Å²) in [5.74, 6) is -2.90. The minimum Gasteiger partial charge on any atom is -0.462 e. The summed E-state index contributed by atoms with van der Waals surface area (Å²) in [4.78, 5) is 54.7. The Balaban J connectivity index is 1.88. The maximum Gasteiger partial charge on any atom is 0.311 e. The number of carbonyl (C=O) groups is 4. The number of hydrogen-bond donors (Lipinski definition) is 0. The van der Waals surface area contributed by atoms with E-state index >= 15 is 4.39 Å². The molecule has 0 N–H and O–H groups in total. The third kappa shape index (κ3) is 9.98. The number of halogens is 1. The van der Waals surface area contributed by atoms with Gasteiger partial charge in [0.25, 0.3) is 0 Å². The van der Waals surface area contributed by atoms with Gasteiger partial charge in [0.1, 0.15) is 24.6 Å². The highest BCUT2D eigenvalue weighted by molar-refractivity contribution is 7.19. The predicted octanol–water partition coefficient (Wildman–Crippen LogP) is 8.53. The molecule has 1 fully saturated rings. The highest BCUT2D eigenvalue weighted by Crippen LogP contribution is 2.41. The second-order valence-corrected chi connectivity index (χ2v) is 18.7. The third-order valence-electron chi connectivity index (χ3n) is 8.43. The Labute approximate surface area is 310 Å². The summed E-state index contributed by atoms with van der Waals surface area (Å²) >= 11 is 1.56. The molecule has 1 aliphatic rings. The van der Waals surface area contributed by atoms with E-state index in [9.17, 15) is 19.2 Å². The van der Waals surface area contributed by atoms with Gasteiger partial charge in [0.15, 0.2) is 18.3 Å². The van der Waals surface area contributed by atoms with E-state index in [1.54, 1.807) is 100 Å². The minimum atomic E-state index is -1.41. The summed E-state index contributed by atoms with van der Waals surface area (Å²) < 4.78 is 47.3. The SMILES string of the molecule is CC(C)(C)C(=O)OC[C@H]1O[C@@H](c2ccc(F)c(Cc3cc4ccccc4s3)c2)[C@H](OC(=O)C(C)(C)C)[C@@H](OC(=O)C(C)(C)C)[C@@H]1OC(=O)C(C)(C)C. The topological polar surface area (TPSA) is 114 Å². The lowest BCUT2D eigenvalue weighted by Gasteiger charge is -2.46. The zero-order valence-electron chi connectivity index (χ0n) is 32.4. The van der Waals surface area contributed by atoms with Crippen LogP contribution in [0.1, 0.15) is 105 Å². The molecule has 3 aromatic rings. The Morgan fingerprint density at radius 1 is 0.673 bits per heavy atom. The number of rotatable bonds is 8. The first kappa shape index (κ1) is 40.9. The minimum absolute atomic E-state index is 0.277. The standard InChI is InChI=1S/C41H53FO9S/c1-38(2,3)34(43)47-22-28-31(49-35(44)39(4,5)6)33(51-37(46)41(10,11)12)32(50-36(45)40(7,8)9)30(48-28)24-17-18-27(42)25(19-24)21-26-20-23-15-13-14-16-29(23)52-26/h13-20,28,30-33H,21-22H2,1-12H3/t28-,30+,31-,32+,33+/m1/s1. The highest BCUT2D eigenvalue weighted by Gasteiger charge is 2.55. The maximum absolute atomic E-state index is 15.5. The molecular weight excluding hydrogens is 688 g/mol. The van der Waals surface area contributed by atoms with Crippen molar-refractivity contribution in [2.24, 2.45) is 21.7 Å². The predicted molar refractivity (Wildman–Crippen MR) is 197 cm³/mol. The lowest BCUT2D eigenvalue weighted by atomic mass is 9.88. The number of hydrogen-bond acceptors (Lipinski definition) is 10. The van der Waals surface area contributed by atoms with Crippen LogP contribution in [0.15, 0.2) is 48.5 Å². The van der Waals surface area contributed by atoms with Crippen molar-refractivity contribution in [1.82, 2.24) is 0 Å². The normalized spacial score (nSPS) is 21.4. The molecule has 4 rings (SSSR count). The van der Waals surface area contributed by atoms with Crippen molar-refractivity contribution in [1.29, 1.82) is 0 Å². The van der Waals surface area contributed by atoms with Gasteiger partial charge in [0.2, 0.25) is 0 Å². The van der Waals surface area contributed by atoms with E-state index in [1.165, 1.54) is 12.1 Å². The van der Waals surface area contributed by atoms with Gasteiger partial charge in [-0.25, -0.2) is 4.39 Å². The van der Waals surface area contributed by atoms with Crippen LogP contribution in [-0.2, 0) is 49.3 Å². The Morgan fingerprint density at radius 2 is 1.19 bits per heavy atom. The maximum atomic E-state index is 15.5. The fourth-order valence-electron chi connectivity index (χ4n) is 5.22. The molecule has 0 aliphatic carbocycles. The van der Waals surface area contributed by atoms with Crippen LogP contribution in [0.5, 0.6) is 0 Å². The third-order valence-corrected chi connectivity index (χ3v) is 9.55. The molecule has 52 heavy (non-hydrogen) atoms. The van der Waals surface area contributed by atoms with Crippen LogP contribution < -0.4 is 0 Å². The van der Waals surface area contributed by atoms with Crippen LogP contribution in [0.2, 0.25) is 0 Å². The summed E-state index contributed by atoms with van der Waals surface area (Å²) in [7, 11) is 0. The van der Waals surface area contributed by atoms with Crippen molar-refractivity contribution in [3.63, 3.8) is 0 Å². The van der Waals surface area contributed by atoms with Crippen LogP contribution in [0.3, 0.4) is 0 Å². The summed E-state index contributed by atoms with van der Waals surface area (Å²) in [6, 6.07) is 14.4. The molecule has 0 spiro atoms. The summed E-state index contributed by atoms with van der Waals surface area (Å²) in [5, 5.41) is 1.05. The van der Waals surface area contributed by atoms with Crippen molar-refractivity contribution in [2.75, 3.05) is 6.61 Å². The van der Waals surface area contributed by atoms with Gasteiger partial charge >= 0.3 is 23.9 Å². The van der Waals surface area contributed by atoms with Gasteiger partial charge in [0, 0.05) is 16.0 Å². The molecule has 0 radical (unpaired) electrons. The first-order valence-corrected chi connectivity index (χ1v) is 18.4. The quantitative estimate of drug-likeness (QED) is 0.166. The molecule has 2 aromatic carbocycles.